The molecule has 0 aliphatic carbocycles. The fourth-order valence-corrected chi connectivity index (χ4v) is 6.34. The quantitative estimate of drug-likeness (QED) is 0.776. The summed E-state index contributed by atoms with van der Waals surface area (Å²) >= 11 is 0. The summed E-state index contributed by atoms with van der Waals surface area (Å²) in [5, 5.41) is 2.86. The van der Waals surface area contributed by atoms with Crippen molar-refractivity contribution < 1.29 is 18.8 Å². The topological polar surface area (TPSA) is 69.7 Å². The van der Waals surface area contributed by atoms with E-state index in [1.807, 2.05) is 35.2 Å². The van der Waals surface area contributed by atoms with Gasteiger partial charge in [0.1, 0.15) is 11.4 Å². The highest BCUT2D eigenvalue weighted by Crippen LogP contribution is 2.60. The average molecular weight is 419 g/mol. The van der Waals surface area contributed by atoms with Crippen molar-refractivity contribution in [2.45, 2.75) is 30.8 Å². The van der Waals surface area contributed by atoms with Gasteiger partial charge in [-0.1, -0.05) is 30.3 Å². The second-order valence-corrected chi connectivity index (χ2v) is 8.88. The van der Waals surface area contributed by atoms with E-state index in [0.29, 0.717) is 24.2 Å². The van der Waals surface area contributed by atoms with Crippen LogP contribution < -0.4 is 5.32 Å². The molecule has 2 aromatic rings. The van der Waals surface area contributed by atoms with Crippen LogP contribution in [0.2, 0.25) is 0 Å². The van der Waals surface area contributed by atoms with Gasteiger partial charge in [0, 0.05) is 23.8 Å². The number of hydrogen-bond acceptors (Lipinski definition) is 4. The van der Waals surface area contributed by atoms with E-state index < -0.39 is 23.2 Å². The van der Waals surface area contributed by atoms with Gasteiger partial charge >= 0.3 is 0 Å². The van der Waals surface area contributed by atoms with E-state index in [9.17, 15) is 18.8 Å². The summed E-state index contributed by atoms with van der Waals surface area (Å²) in [5.41, 5.74) is 0.754. The number of hydrogen-bond donors (Lipinski definition) is 1. The van der Waals surface area contributed by atoms with Gasteiger partial charge in [-0.25, -0.2) is 4.39 Å². The summed E-state index contributed by atoms with van der Waals surface area (Å²) in [4.78, 5) is 43.9. The zero-order valence-electron chi connectivity index (χ0n) is 16.9. The number of amides is 3. The van der Waals surface area contributed by atoms with Gasteiger partial charge in [-0.2, -0.15) is 0 Å². The second kappa shape index (κ2) is 6.47. The molecule has 0 bridgehead atoms. The van der Waals surface area contributed by atoms with Crippen LogP contribution in [0.3, 0.4) is 0 Å². The molecule has 158 valence electrons. The predicted octanol–water partition coefficient (Wildman–Crippen LogP) is 2.29. The van der Waals surface area contributed by atoms with Gasteiger partial charge in [0.25, 0.3) is 0 Å². The van der Waals surface area contributed by atoms with E-state index in [4.69, 9.17) is 0 Å². The summed E-state index contributed by atoms with van der Waals surface area (Å²) < 4.78 is 14.3. The summed E-state index contributed by atoms with van der Waals surface area (Å²) in [6.07, 6.45) is 2.17. The van der Waals surface area contributed by atoms with E-state index in [-0.39, 0.29) is 30.3 Å². The molecule has 0 unspecified atom stereocenters. The molecule has 4 aliphatic rings. The van der Waals surface area contributed by atoms with Gasteiger partial charge in [-0.3, -0.25) is 24.2 Å². The van der Waals surface area contributed by atoms with Gasteiger partial charge < -0.3 is 5.32 Å². The van der Waals surface area contributed by atoms with Crippen molar-refractivity contribution in [2.24, 2.45) is 11.8 Å². The molecule has 1 spiro atoms. The third kappa shape index (κ3) is 2.32. The van der Waals surface area contributed by atoms with Crippen LogP contribution in [-0.4, -0.2) is 46.7 Å². The first kappa shape index (κ1) is 18.7. The third-order valence-corrected chi connectivity index (χ3v) is 7.51. The van der Waals surface area contributed by atoms with Gasteiger partial charge in [-0.05, 0) is 49.6 Å². The maximum atomic E-state index is 14.3. The molecule has 1 N–H and O–H groups in total. The largest absolute Gasteiger partial charge is 0.324 e. The number of rotatable bonds is 3. The zero-order valence-corrected chi connectivity index (χ0v) is 16.9. The highest BCUT2D eigenvalue weighted by Gasteiger charge is 2.74. The van der Waals surface area contributed by atoms with Gasteiger partial charge in [0.15, 0.2) is 0 Å². The molecule has 2 aromatic carbocycles. The van der Waals surface area contributed by atoms with Crippen LogP contribution in [-0.2, 0) is 26.3 Å². The number of fused-ring (bicyclic) bond motifs is 7. The van der Waals surface area contributed by atoms with Crippen molar-refractivity contribution in [1.82, 2.24) is 9.80 Å². The lowest BCUT2D eigenvalue weighted by Gasteiger charge is -2.36. The van der Waals surface area contributed by atoms with Crippen molar-refractivity contribution in [3.8, 4) is 0 Å². The van der Waals surface area contributed by atoms with Crippen LogP contribution in [0.25, 0.3) is 0 Å². The predicted molar refractivity (Wildman–Crippen MR) is 110 cm³/mol. The summed E-state index contributed by atoms with van der Waals surface area (Å²) in [6.45, 7) is 0.903. The summed E-state index contributed by atoms with van der Waals surface area (Å²) in [6, 6.07) is 13.7. The van der Waals surface area contributed by atoms with E-state index >= 15 is 0 Å². The molecule has 6 nitrogen and oxygen atoms in total. The smallest absolute Gasteiger partial charge is 0.250 e. The average Bonchev–Trinajstić information content (AvgIpc) is 3.47. The molecule has 0 radical (unpaired) electrons. The van der Waals surface area contributed by atoms with Gasteiger partial charge in [-0.15, -0.1) is 0 Å². The Balaban J connectivity index is 1.43. The molecule has 3 fully saturated rings. The summed E-state index contributed by atoms with van der Waals surface area (Å²) in [7, 11) is 0. The van der Waals surface area contributed by atoms with Crippen molar-refractivity contribution in [3.05, 3.63) is 65.5 Å². The molecule has 4 aliphatic heterocycles. The lowest BCUT2D eigenvalue weighted by molar-refractivity contribution is -0.145. The Morgan fingerprint density at radius 1 is 1.06 bits per heavy atom. The molecular formula is C24H22FN3O3. The van der Waals surface area contributed by atoms with Crippen molar-refractivity contribution in [2.75, 3.05) is 18.4 Å². The molecule has 0 saturated carbocycles. The summed E-state index contributed by atoms with van der Waals surface area (Å²) in [5.74, 6) is -2.66. The lowest BCUT2D eigenvalue weighted by atomic mass is 9.75. The number of carbonyl (C=O) groups excluding carboxylic acids is 3. The van der Waals surface area contributed by atoms with Crippen LogP contribution in [0.15, 0.2) is 48.5 Å². The monoisotopic (exact) mass is 419 g/mol. The van der Waals surface area contributed by atoms with Crippen LogP contribution >= 0.6 is 0 Å². The highest BCUT2D eigenvalue weighted by molar-refractivity contribution is 6.15. The molecule has 31 heavy (non-hydrogen) atoms. The maximum Gasteiger partial charge on any atom is 0.250 e. The normalized spacial score (nSPS) is 31.3. The van der Waals surface area contributed by atoms with E-state index in [1.54, 1.807) is 6.07 Å². The van der Waals surface area contributed by atoms with E-state index in [1.165, 1.54) is 17.0 Å². The Bertz CT molecular complexity index is 1120. The fraction of sp³-hybridized carbons (Fsp3) is 0.375. The third-order valence-electron chi connectivity index (χ3n) is 7.51. The number of imide groups is 1. The minimum Gasteiger partial charge on any atom is -0.324 e. The molecule has 4 heterocycles. The van der Waals surface area contributed by atoms with Crippen LogP contribution in [0, 0.1) is 17.7 Å². The Morgan fingerprint density at radius 3 is 2.68 bits per heavy atom. The van der Waals surface area contributed by atoms with Crippen molar-refractivity contribution in [3.63, 3.8) is 0 Å². The standard InChI is InChI=1S/C24H22FN3O3/c25-15-8-9-17-16(13-15)24(23(31)26-17)20-19(18-7-4-11-28(18)24)21(29)27(22(20)30)12-10-14-5-2-1-3-6-14/h1-3,5-6,8-9,13,18-20H,4,7,10-12H2,(H,26,31)/t18-,19-,20+,24+/m1/s1. The Hall–Kier alpha value is -3.06. The first-order chi connectivity index (χ1) is 15.0. The van der Waals surface area contributed by atoms with E-state index in [2.05, 4.69) is 5.32 Å². The molecule has 7 heteroatoms. The minimum atomic E-state index is -1.31. The first-order valence-corrected chi connectivity index (χ1v) is 10.8. The maximum absolute atomic E-state index is 14.3. The number of carbonyl (C=O) groups is 3. The minimum absolute atomic E-state index is 0.178. The second-order valence-electron chi connectivity index (χ2n) is 8.88. The van der Waals surface area contributed by atoms with Gasteiger partial charge in [0.2, 0.25) is 17.7 Å². The van der Waals surface area contributed by atoms with Crippen LogP contribution in [0.5, 0.6) is 0 Å². The van der Waals surface area contributed by atoms with Crippen molar-refractivity contribution in [1.29, 1.82) is 0 Å². The number of likely N-dealkylation sites (tertiary alicyclic amines) is 1. The van der Waals surface area contributed by atoms with Crippen LogP contribution in [0.4, 0.5) is 10.1 Å². The number of nitrogens with zero attached hydrogens (tertiary/aromatic N) is 2. The molecule has 6 rings (SSSR count). The number of benzene rings is 2. The molecule has 4 atom stereocenters. The number of halogens is 1. The van der Waals surface area contributed by atoms with Crippen LogP contribution in [0.1, 0.15) is 24.0 Å². The number of nitrogens with one attached hydrogen (secondary N) is 1. The Kier molecular flexibility index (Phi) is 3.90. The van der Waals surface area contributed by atoms with E-state index in [0.717, 1.165) is 18.4 Å². The molecule has 3 saturated heterocycles. The van der Waals surface area contributed by atoms with Gasteiger partial charge in [0.05, 0.1) is 11.8 Å². The Morgan fingerprint density at radius 2 is 1.87 bits per heavy atom. The zero-order chi connectivity index (χ0) is 21.3. The Labute approximate surface area is 179 Å². The lowest BCUT2D eigenvalue weighted by Crippen LogP contribution is -2.54. The molecular weight excluding hydrogens is 397 g/mol. The van der Waals surface area contributed by atoms with Crippen molar-refractivity contribution >= 4 is 23.4 Å². The fourth-order valence-electron chi connectivity index (χ4n) is 6.34. The molecule has 3 amide bonds. The first-order valence-electron chi connectivity index (χ1n) is 10.8. The number of anilines is 1. The molecule has 0 aromatic heterocycles. The SMILES string of the molecule is O=C1[C@@H]2[C@H]3CCCN3[C@]3(C(=O)Nc4ccc(F)cc43)[C@@H]2C(=O)N1CCc1ccccc1. The highest BCUT2D eigenvalue weighted by atomic mass is 19.1.